The Morgan fingerprint density at radius 2 is 1.86 bits per heavy atom. The average molecular weight is 300 g/mol. The van der Waals surface area contributed by atoms with E-state index in [1.165, 1.54) is 41.8 Å². The summed E-state index contributed by atoms with van der Waals surface area (Å²) >= 11 is 1.77. The lowest BCUT2D eigenvalue weighted by Crippen LogP contribution is -2.34. The minimum absolute atomic E-state index is 0.427. The molecule has 1 aromatic heterocycles. The fourth-order valence-electron chi connectivity index (χ4n) is 3.47. The van der Waals surface area contributed by atoms with Gasteiger partial charge in [0.15, 0.2) is 0 Å². The Labute approximate surface area is 131 Å². The fourth-order valence-corrected chi connectivity index (χ4v) is 4.29. The minimum Gasteiger partial charge on any atom is -0.307 e. The van der Waals surface area contributed by atoms with Gasteiger partial charge in [0.2, 0.25) is 0 Å². The second-order valence-electron chi connectivity index (χ2n) is 6.15. The van der Waals surface area contributed by atoms with Crippen LogP contribution >= 0.6 is 11.3 Å². The third kappa shape index (κ3) is 3.53. The van der Waals surface area contributed by atoms with E-state index in [1.54, 1.807) is 11.3 Å². The highest BCUT2D eigenvalue weighted by molar-refractivity contribution is 7.09. The number of thiazole rings is 1. The van der Waals surface area contributed by atoms with Crippen LogP contribution in [0.4, 0.5) is 0 Å². The van der Waals surface area contributed by atoms with Crippen LogP contribution in [-0.2, 0) is 0 Å². The third-order valence-electron chi connectivity index (χ3n) is 4.66. The number of nitrogens with zero attached hydrogens (tertiary/aromatic N) is 1. The van der Waals surface area contributed by atoms with E-state index in [1.807, 2.05) is 5.51 Å². The first-order valence-electron chi connectivity index (χ1n) is 7.95. The quantitative estimate of drug-likeness (QED) is 0.875. The van der Waals surface area contributed by atoms with Crippen molar-refractivity contribution >= 4 is 11.3 Å². The highest BCUT2D eigenvalue weighted by Gasteiger charge is 2.24. The molecule has 112 valence electrons. The number of hydrogen-bond donors (Lipinski definition) is 1. The van der Waals surface area contributed by atoms with Crippen LogP contribution in [0.15, 0.2) is 35.8 Å². The van der Waals surface area contributed by atoms with E-state index in [-0.39, 0.29) is 0 Å². The summed E-state index contributed by atoms with van der Waals surface area (Å²) in [4.78, 5) is 5.75. The number of benzene rings is 1. The van der Waals surface area contributed by atoms with Gasteiger partial charge in [-0.2, -0.15) is 0 Å². The molecule has 2 nitrogen and oxygen atoms in total. The maximum absolute atomic E-state index is 4.36. The summed E-state index contributed by atoms with van der Waals surface area (Å²) < 4.78 is 0. The molecule has 0 amide bonds. The topological polar surface area (TPSA) is 24.9 Å². The Kier molecular flexibility index (Phi) is 4.71. The molecule has 2 aromatic rings. The summed E-state index contributed by atoms with van der Waals surface area (Å²) in [5, 5.41) is 3.80. The van der Waals surface area contributed by atoms with Crippen LogP contribution < -0.4 is 5.32 Å². The molecule has 0 saturated heterocycles. The molecule has 1 heterocycles. The molecule has 1 atom stereocenters. The van der Waals surface area contributed by atoms with Crippen LogP contribution in [0.3, 0.4) is 0 Å². The van der Waals surface area contributed by atoms with Gasteiger partial charge in [-0.1, -0.05) is 30.3 Å². The zero-order valence-electron chi connectivity index (χ0n) is 12.9. The molecule has 0 bridgehead atoms. The Hall–Kier alpha value is -1.19. The molecule has 1 fully saturated rings. The Balaban J connectivity index is 1.53. The van der Waals surface area contributed by atoms with E-state index in [2.05, 4.69) is 54.5 Å². The molecule has 0 radical (unpaired) electrons. The number of rotatable bonds is 4. The first kappa shape index (κ1) is 14.7. The molecule has 0 spiro atoms. The maximum Gasteiger partial charge on any atom is 0.0798 e. The van der Waals surface area contributed by atoms with Crippen molar-refractivity contribution in [2.75, 3.05) is 0 Å². The van der Waals surface area contributed by atoms with Gasteiger partial charge in [0.1, 0.15) is 0 Å². The van der Waals surface area contributed by atoms with Gasteiger partial charge >= 0.3 is 0 Å². The average Bonchev–Trinajstić information content (AvgIpc) is 2.95. The van der Waals surface area contributed by atoms with Gasteiger partial charge in [-0.05, 0) is 51.0 Å². The second kappa shape index (κ2) is 6.71. The lowest BCUT2D eigenvalue weighted by Gasteiger charge is -2.31. The van der Waals surface area contributed by atoms with Crippen molar-refractivity contribution in [3.05, 3.63) is 52.0 Å². The molecule has 1 N–H and O–H groups in total. The van der Waals surface area contributed by atoms with E-state index in [9.17, 15) is 0 Å². The Morgan fingerprint density at radius 1 is 1.14 bits per heavy atom. The first-order valence-corrected chi connectivity index (χ1v) is 8.83. The van der Waals surface area contributed by atoms with Crippen LogP contribution in [0.5, 0.6) is 0 Å². The van der Waals surface area contributed by atoms with Crippen LogP contribution in [0.1, 0.15) is 60.7 Å². The van der Waals surface area contributed by atoms with Gasteiger partial charge in [0.25, 0.3) is 0 Å². The van der Waals surface area contributed by atoms with Crippen molar-refractivity contribution in [3.8, 4) is 0 Å². The van der Waals surface area contributed by atoms with E-state index in [0.29, 0.717) is 12.1 Å². The summed E-state index contributed by atoms with van der Waals surface area (Å²) in [5.74, 6) is 0.754. The van der Waals surface area contributed by atoms with E-state index in [4.69, 9.17) is 0 Å². The van der Waals surface area contributed by atoms with E-state index < -0.39 is 0 Å². The summed E-state index contributed by atoms with van der Waals surface area (Å²) in [7, 11) is 0. The first-order chi connectivity index (χ1) is 10.2. The Morgan fingerprint density at radius 3 is 2.48 bits per heavy atom. The van der Waals surface area contributed by atoms with Crippen LogP contribution in [0.25, 0.3) is 0 Å². The van der Waals surface area contributed by atoms with Gasteiger partial charge < -0.3 is 5.32 Å². The molecule has 3 rings (SSSR count). The van der Waals surface area contributed by atoms with Crippen LogP contribution in [0, 0.1) is 6.92 Å². The van der Waals surface area contributed by atoms with Crippen molar-refractivity contribution in [2.24, 2.45) is 0 Å². The molecular formula is C18H24N2S. The number of aromatic nitrogens is 1. The normalized spacial score (nSPS) is 23.9. The van der Waals surface area contributed by atoms with Crippen molar-refractivity contribution in [3.63, 3.8) is 0 Å². The zero-order valence-corrected chi connectivity index (χ0v) is 13.7. The monoisotopic (exact) mass is 300 g/mol. The molecule has 21 heavy (non-hydrogen) atoms. The molecule has 0 aliphatic heterocycles. The molecule has 1 aromatic carbocycles. The molecule has 1 aliphatic rings. The lowest BCUT2D eigenvalue weighted by atomic mass is 9.81. The van der Waals surface area contributed by atoms with Gasteiger partial charge in [-0.15, -0.1) is 11.3 Å². The van der Waals surface area contributed by atoms with Gasteiger partial charge in [0, 0.05) is 17.0 Å². The molecule has 3 heteroatoms. The predicted molar refractivity (Wildman–Crippen MR) is 89.8 cm³/mol. The molecule has 1 unspecified atom stereocenters. The second-order valence-corrected chi connectivity index (χ2v) is 7.04. The molecular weight excluding hydrogens is 276 g/mol. The van der Waals surface area contributed by atoms with E-state index >= 15 is 0 Å². The summed E-state index contributed by atoms with van der Waals surface area (Å²) in [6.45, 7) is 4.38. The van der Waals surface area contributed by atoms with Crippen LogP contribution in [0.2, 0.25) is 0 Å². The summed E-state index contributed by atoms with van der Waals surface area (Å²) in [6, 6.07) is 12.1. The molecule has 1 aliphatic carbocycles. The Bertz CT molecular complexity index is 556. The van der Waals surface area contributed by atoms with Gasteiger partial charge in [-0.3, -0.25) is 0 Å². The lowest BCUT2D eigenvalue weighted by molar-refractivity contribution is 0.323. The number of nitrogens with one attached hydrogen (secondary N) is 1. The highest BCUT2D eigenvalue weighted by atomic mass is 32.1. The largest absolute Gasteiger partial charge is 0.307 e. The highest BCUT2D eigenvalue weighted by Crippen LogP contribution is 2.34. The van der Waals surface area contributed by atoms with Crippen molar-refractivity contribution < 1.29 is 0 Å². The number of hydrogen-bond acceptors (Lipinski definition) is 3. The SMILES string of the molecule is Cc1ncsc1C(C)NC1CCC(c2ccccc2)CC1. The summed E-state index contributed by atoms with van der Waals surface area (Å²) in [5.41, 5.74) is 4.65. The fraction of sp³-hybridized carbons (Fsp3) is 0.500. The van der Waals surface area contributed by atoms with Gasteiger partial charge in [-0.25, -0.2) is 4.98 Å². The van der Waals surface area contributed by atoms with Gasteiger partial charge in [0.05, 0.1) is 11.2 Å². The number of aryl methyl sites for hydroxylation is 1. The third-order valence-corrected chi connectivity index (χ3v) is 5.77. The van der Waals surface area contributed by atoms with Crippen molar-refractivity contribution in [2.45, 2.75) is 57.5 Å². The van der Waals surface area contributed by atoms with E-state index in [0.717, 1.165) is 5.92 Å². The standard InChI is InChI=1S/C18H24N2S/c1-13-18(21-12-19-13)14(2)20-17-10-8-16(9-11-17)15-6-4-3-5-7-15/h3-7,12,14,16-17,20H,8-11H2,1-2H3. The maximum atomic E-state index is 4.36. The van der Waals surface area contributed by atoms with Crippen LogP contribution in [-0.4, -0.2) is 11.0 Å². The van der Waals surface area contributed by atoms with Crippen molar-refractivity contribution in [1.29, 1.82) is 0 Å². The van der Waals surface area contributed by atoms with Crippen molar-refractivity contribution in [1.82, 2.24) is 10.3 Å². The molecule has 1 saturated carbocycles. The summed E-state index contributed by atoms with van der Waals surface area (Å²) in [6.07, 6.45) is 5.16. The zero-order chi connectivity index (χ0) is 14.7. The smallest absolute Gasteiger partial charge is 0.0798 e. The minimum atomic E-state index is 0.427. The predicted octanol–water partition coefficient (Wildman–Crippen LogP) is 4.83.